The van der Waals surface area contributed by atoms with Gasteiger partial charge in [0.15, 0.2) is 0 Å². The molecule has 0 bridgehead atoms. The molecule has 2 aromatic heterocycles. The average Bonchev–Trinajstić information content (AvgIpc) is 4.01. The molecular formula is C42H45N7O4. The lowest BCUT2D eigenvalue weighted by Crippen LogP contribution is -2.51. The van der Waals surface area contributed by atoms with E-state index in [-0.39, 0.29) is 35.7 Å². The van der Waals surface area contributed by atoms with E-state index in [4.69, 9.17) is 14.7 Å². The summed E-state index contributed by atoms with van der Waals surface area (Å²) in [7, 11) is 1.29. The number of carbonyl (C=O) groups excluding carboxylic acids is 3. The minimum absolute atomic E-state index is 0.0770. The summed E-state index contributed by atoms with van der Waals surface area (Å²) in [6.07, 6.45) is 4.71. The minimum Gasteiger partial charge on any atom is -0.453 e. The summed E-state index contributed by atoms with van der Waals surface area (Å²) in [5.74, 6) is 7.77. The second kappa shape index (κ2) is 15.4. The van der Waals surface area contributed by atoms with Crippen molar-refractivity contribution in [1.29, 1.82) is 0 Å². The maximum absolute atomic E-state index is 13.5. The molecule has 272 valence electrons. The molecule has 4 atom stereocenters. The van der Waals surface area contributed by atoms with E-state index in [9.17, 15) is 14.4 Å². The van der Waals surface area contributed by atoms with Crippen LogP contribution in [0.5, 0.6) is 0 Å². The van der Waals surface area contributed by atoms with E-state index in [2.05, 4.69) is 27.1 Å². The molecular weight excluding hydrogens is 667 g/mol. The predicted octanol–water partition coefficient (Wildman–Crippen LogP) is 6.86. The zero-order valence-electron chi connectivity index (χ0n) is 30.6. The molecule has 3 N–H and O–H groups in total. The Morgan fingerprint density at radius 1 is 0.830 bits per heavy atom. The molecule has 2 aliphatic rings. The number of benzene rings is 3. The van der Waals surface area contributed by atoms with E-state index >= 15 is 0 Å². The predicted molar refractivity (Wildman–Crippen MR) is 202 cm³/mol. The molecule has 2 fully saturated rings. The Morgan fingerprint density at radius 3 is 2.19 bits per heavy atom. The number of nitrogens with zero attached hydrogens (tertiary/aromatic N) is 4. The molecule has 0 radical (unpaired) electrons. The van der Waals surface area contributed by atoms with Crippen LogP contribution >= 0.6 is 0 Å². The number of rotatable bonds is 8. The molecule has 7 rings (SSSR count). The number of H-pyrrole nitrogens is 2. The van der Waals surface area contributed by atoms with Gasteiger partial charge >= 0.3 is 6.09 Å². The first-order valence-corrected chi connectivity index (χ1v) is 18.4. The molecule has 11 heteroatoms. The fourth-order valence-corrected chi connectivity index (χ4v) is 7.43. The molecule has 0 aliphatic carbocycles. The van der Waals surface area contributed by atoms with Crippen LogP contribution in [0.3, 0.4) is 0 Å². The van der Waals surface area contributed by atoms with E-state index in [0.717, 1.165) is 82.9 Å². The first-order valence-electron chi connectivity index (χ1n) is 18.4. The van der Waals surface area contributed by atoms with E-state index in [0.29, 0.717) is 6.54 Å². The molecule has 0 unspecified atom stereocenters. The number of hydrogen-bond acceptors (Lipinski definition) is 6. The van der Waals surface area contributed by atoms with Crippen molar-refractivity contribution in [2.24, 2.45) is 5.92 Å². The number of fused-ring (bicyclic) bond motifs is 1. The Hall–Kier alpha value is -5.89. The van der Waals surface area contributed by atoms with Gasteiger partial charge in [0.05, 0.1) is 41.8 Å². The van der Waals surface area contributed by atoms with Crippen molar-refractivity contribution in [3.8, 4) is 23.1 Å². The van der Waals surface area contributed by atoms with Crippen molar-refractivity contribution >= 4 is 28.9 Å². The van der Waals surface area contributed by atoms with Crippen molar-refractivity contribution in [1.82, 2.24) is 35.1 Å². The molecule has 2 saturated heterocycles. The maximum atomic E-state index is 13.5. The van der Waals surface area contributed by atoms with Crippen LogP contribution in [0.1, 0.15) is 92.8 Å². The number of imidazole rings is 2. The van der Waals surface area contributed by atoms with Crippen LogP contribution in [0.25, 0.3) is 22.3 Å². The van der Waals surface area contributed by atoms with Crippen LogP contribution in [0.4, 0.5) is 4.79 Å². The summed E-state index contributed by atoms with van der Waals surface area (Å²) in [5, 5.41) is 2.69. The van der Waals surface area contributed by atoms with Gasteiger partial charge in [-0.15, -0.1) is 0 Å². The number of amides is 3. The molecule has 11 nitrogen and oxygen atoms in total. The largest absolute Gasteiger partial charge is 0.453 e. The smallest absolute Gasteiger partial charge is 0.407 e. The summed E-state index contributed by atoms with van der Waals surface area (Å²) < 4.78 is 4.75. The second-order valence-electron chi connectivity index (χ2n) is 14.2. The lowest BCUT2D eigenvalue weighted by molar-refractivity contribution is -0.135. The highest BCUT2D eigenvalue weighted by atomic mass is 16.5. The fraction of sp³-hybridized carbons (Fsp3) is 0.357. The van der Waals surface area contributed by atoms with E-state index in [1.165, 1.54) is 7.11 Å². The molecule has 0 saturated carbocycles. The van der Waals surface area contributed by atoms with Crippen molar-refractivity contribution < 1.29 is 19.1 Å². The number of aromatic nitrogens is 4. The SMILES string of the molecule is COC(=O)N[C@H](C(=O)N1CCC[C@H]1c1nc(-c2ccc(C#Cc3ccc4[nH]c([C@@H]5CCCN5C(=O)[C@H](C)c5ccccc5)nc4c3)cc2)c[nH]1)C(C)C. The van der Waals surface area contributed by atoms with Crippen molar-refractivity contribution in [3.63, 3.8) is 0 Å². The number of carbonyl (C=O) groups is 3. The highest BCUT2D eigenvalue weighted by Gasteiger charge is 2.38. The molecule has 2 aliphatic heterocycles. The molecule has 5 aromatic rings. The lowest BCUT2D eigenvalue weighted by Gasteiger charge is -2.29. The Morgan fingerprint density at radius 2 is 1.49 bits per heavy atom. The van der Waals surface area contributed by atoms with Gasteiger partial charge < -0.3 is 29.8 Å². The lowest BCUT2D eigenvalue weighted by atomic mass is 9.99. The van der Waals surface area contributed by atoms with Gasteiger partial charge in [0.2, 0.25) is 11.8 Å². The number of methoxy groups -OCH3 is 1. The third kappa shape index (κ3) is 7.54. The van der Waals surface area contributed by atoms with Gasteiger partial charge in [-0.2, -0.15) is 0 Å². The molecule has 4 heterocycles. The Balaban J connectivity index is 1.01. The monoisotopic (exact) mass is 711 g/mol. The zero-order valence-corrected chi connectivity index (χ0v) is 30.6. The summed E-state index contributed by atoms with van der Waals surface area (Å²) in [5.41, 5.74) is 6.21. The number of aromatic amines is 2. The van der Waals surface area contributed by atoms with Gasteiger partial charge in [0, 0.05) is 36.0 Å². The first kappa shape index (κ1) is 35.5. The van der Waals surface area contributed by atoms with Crippen LogP contribution in [0.15, 0.2) is 79.0 Å². The quantitative estimate of drug-likeness (QED) is 0.151. The summed E-state index contributed by atoms with van der Waals surface area (Å²) in [6, 6.07) is 22.9. The van der Waals surface area contributed by atoms with E-state index in [1.54, 1.807) is 4.90 Å². The minimum atomic E-state index is -0.681. The van der Waals surface area contributed by atoms with Crippen LogP contribution in [-0.2, 0) is 14.3 Å². The number of ether oxygens (including phenoxy) is 1. The summed E-state index contributed by atoms with van der Waals surface area (Å²) in [4.78, 5) is 59.3. The highest BCUT2D eigenvalue weighted by Crippen LogP contribution is 2.35. The molecule has 53 heavy (non-hydrogen) atoms. The van der Waals surface area contributed by atoms with Crippen molar-refractivity contribution in [2.75, 3.05) is 20.2 Å². The number of alkyl carbamates (subject to hydrolysis) is 1. The van der Waals surface area contributed by atoms with Gasteiger partial charge in [0.25, 0.3) is 0 Å². The first-order chi connectivity index (χ1) is 25.7. The summed E-state index contributed by atoms with van der Waals surface area (Å²) >= 11 is 0. The van der Waals surface area contributed by atoms with E-state index in [1.807, 2.05) is 105 Å². The van der Waals surface area contributed by atoms with Crippen LogP contribution in [0, 0.1) is 17.8 Å². The van der Waals surface area contributed by atoms with Crippen molar-refractivity contribution in [3.05, 3.63) is 107 Å². The summed E-state index contributed by atoms with van der Waals surface area (Å²) in [6.45, 7) is 7.11. The fourth-order valence-electron chi connectivity index (χ4n) is 7.43. The molecule has 0 spiro atoms. The van der Waals surface area contributed by atoms with Gasteiger partial charge in [-0.1, -0.05) is 68.2 Å². The van der Waals surface area contributed by atoms with Crippen LogP contribution in [0.2, 0.25) is 0 Å². The number of nitrogens with one attached hydrogen (secondary N) is 3. The van der Waals surface area contributed by atoms with Gasteiger partial charge in [-0.05, 0) is 74.4 Å². The highest BCUT2D eigenvalue weighted by molar-refractivity contribution is 5.86. The molecule has 3 aromatic carbocycles. The van der Waals surface area contributed by atoms with Crippen LogP contribution < -0.4 is 5.32 Å². The third-order valence-electron chi connectivity index (χ3n) is 10.4. The van der Waals surface area contributed by atoms with Gasteiger partial charge in [0.1, 0.15) is 17.7 Å². The Kier molecular flexibility index (Phi) is 10.3. The van der Waals surface area contributed by atoms with Crippen LogP contribution in [-0.4, -0.2) is 73.9 Å². The topological polar surface area (TPSA) is 136 Å². The molecule has 3 amide bonds. The average molecular weight is 712 g/mol. The zero-order chi connectivity index (χ0) is 37.1. The standard InChI is InChI=1S/C42H45N7O4/c1-26(2)37(47-42(52)53-4)41(51)49-23-8-12-35(49)38-43-25-34(46-38)31-19-16-28(17-20-31)14-15-29-18-21-32-33(24-29)45-39(44-32)36-13-9-22-48(36)40(50)27(3)30-10-6-5-7-11-30/h5-7,10-11,16-21,24-27,35-37H,8-9,12-13,22-23H2,1-4H3,(H,43,46)(H,44,45)(H,47,52)/t27-,35+,36+,37+/m1/s1. The van der Waals surface area contributed by atoms with Gasteiger partial charge in [-0.3, -0.25) is 9.59 Å². The third-order valence-corrected chi connectivity index (χ3v) is 10.4. The normalized spacial score (nSPS) is 18.1. The van der Waals surface area contributed by atoms with E-state index < -0.39 is 12.1 Å². The number of hydrogen-bond donors (Lipinski definition) is 3. The number of likely N-dealkylation sites (tertiary alicyclic amines) is 2. The Labute approximate surface area is 309 Å². The van der Waals surface area contributed by atoms with Gasteiger partial charge in [-0.25, -0.2) is 14.8 Å². The maximum Gasteiger partial charge on any atom is 0.407 e. The Bertz CT molecular complexity index is 2160. The second-order valence-corrected chi connectivity index (χ2v) is 14.2. The van der Waals surface area contributed by atoms with Crippen molar-refractivity contribution in [2.45, 2.75) is 70.5 Å².